The molecule has 1 aromatic rings. The standard InChI is InChI=1S/C14H22FNOS/c1-6-13(16-18(17)14(3,4)5)11-7-8-12(15)10(2)9-11/h7-9,13,16H,6H2,1-5H3/t13-,18?/m1/s1. The lowest BCUT2D eigenvalue weighted by Gasteiger charge is -2.27. The largest absolute Gasteiger partial charge is 0.598 e. The number of rotatable bonds is 4. The van der Waals surface area contributed by atoms with E-state index in [0.29, 0.717) is 5.56 Å². The molecule has 0 bridgehead atoms. The highest BCUT2D eigenvalue weighted by Gasteiger charge is 2.29. The molecule has 0 spiro atoms. The van der Waals surface area contributed by atoms with Gasteiger partial charge in [0.05, 0.1) is 6.04 Å². The van der Waals surface area contributed by atoms with Crippen molar-refractivity contribution in [1.82, 2.24) is 4.72 Å². The van der Waals surface area contributed by atoms with E-state index >= 15 is 0 Å². The molecule has 102 valence electrons. The fourth-order valence-electron chi connectivity index (χ4n) is 1.58. The van der Waals surface area contributed by atoms with Crippen molar-refractivity contribution in [2.24, 2.45) is 0 Å². The first-order chi connectivity index (χ1) is 8.25. The summed E-state index contributed by atoms with van der Waals surface area (Å²) in [6, 6.07) is 5.03. The second kappa shape index (κ2) is 6.04. The molecule has 0 fully saturated rings. The molecule has 18 heavy (non-hydrogen) atoms. The minimum absolute atomic E-state index is 0.00985. The first-order valence-electron chi connectivity index (χ1n) is 6.19. The summed E-state index contributed by atoms with van der Waals surface area (Å²) in [4.78, 5) is 0. The van der Waals surface area contributed by atoms with Crippen molar-refractivity contribution in [2.45, 2.75) is 51.8 Å². The Balaban J connectivity index is 2.86. The molecule has 0 aliphatic heterocycles. The van der Waals surface area contributed by atoms with E-state index in [9.17, 15) is 8.94 Å². The van der Waals surface area contributed by atoms with Gasteiger partial charge < -0.3 is 4.55 Å². The fraction of sp³-hybridized carbons (Fsp3) is 0.571. The Morgan fingerprint density at radius 2 is 2.00 bits per heavy atom. The predicted molar refractivity (Wildman–Crippen MR) is 75.2 cm³/mol. The van der Waals surface area contributed by atoms with E-state index in [1.165, 1.54) is 6.07 Å². The number of benzene rings is 1. The van der Waals surface area contributed by atoms with Gasteiger partial charge in [-0.25, -0.2) is 4.39 Å². The molecule has 0 amide bonds. The molecule has 2 atom stereocenters. The normalized spacial score (nSPS) is 15.5. The predicted octanol–water partition coefficient (Wildman–Crippen LogP) is 3.64. The summed E-state index contributed by atoms with van der Waals surface area (Å²) >= 11 is -1.12. The average molecular weight is 271 g/mol. The highest BCUT2D eigenvalue weighted by molar-refractivity contribution is 7.90. The van der Waals surface area contributed by atoms with Gasteiger partial charge in [-0.3, -0.25) is 0 Å². The van der Waals surface area contributed by atoms with Crippen LogP contribution in [0.5, 0.6) is 0 Å². The van der Waals surface area contributed by atoms with Crippen molar-refractivity contribution in [3.8, 4) is 0 Å². The van der Waals surface area contributed by atoms with Gasteiger partial charge in [-0.15, -0.1) is 4.72 Å². The van der Waals surface area contributed by atoms with Crippen LogP contribution in [-0.4, -0.2) is 9.30 Å². The third-order valence-electron chi connectivity index (χ3n) is 2.80. The van der Waals surface area contributed by atoms with Gasteiger partial charge in [0.1, 0.15) is 10.6 Å². The molecule has 0 aromatic heterocycles. The molecule has 0 radical (unpaired) electrons. The Labute approximate surface area is 112 Å². The number of nitrogens with one attached hydrogen (secondary N) is 1. The molecule has 2 nitrogen and oxygen atoms in total. The quantitative estimate of drug-likeness (QED) is 0.849. The van der Waals surface area contributed by atoms with Crippen LogP contribution in [0.15, 0.2) is 18.2 Å². The Morgan fingerprint density at radius 1 is 1.39 bits per heavy atom. The molecule has 0 saturated heterocycles. The summed E-state index contributed by atoms with van der Waals surface area (Å²) in [7, 11) is 0. The first kappa shape index (κ1) is 15.5. The number of hydrogen-bond acceptors (Lipinski definition) is 2. The van der Waals surface area contributed by atoms with Gasteiger partial charge in [0.2, 0.25) is 0 Å². The lowest BCUT2D eigenvalue weighted by Crippen LogP contribution is -2.41. The van der Waals surface area contributed by atoms with Gasteiger partial charge in [-0.05, 0) is 51.3 Å². The zero-order valence-electron chi connectivity index (χ0n) is 11.7. The zero-order chi connectivity index (χ0) is 13.9. The summed E-state index contributed by atoms with van der Waals surface area (Å²) in [5, 5.41) is 0. The second-order valence-electron chi connectivity index (χ2n) is 5.47. The van der Waals surface area contributed by atoms with Gasteiger partial charge >= 0.3 is 0 Å². The summed E-state index contributed by atoms with van der Waals surface area (Å²) in [6.07, 6.45) is 0.812. The zero-order valence-corrected chi connectivity index (χ0v) is 12.5. The molecule has 0 aliphatic carbocycles. The van der Waals surface area contributed by atoms with Gasteiger partial charge in [0.15, 0.2) is 0 Å². The SMILES string of the molecule is CC[C@@H](N[S+]([O-])C(C)(C)C)c1ccc(F)c(C)c1. The van der Waals surface area contributed by atoms with Gasteiger partial charge in [-0.1, -0.05) is 19.1 Å². The summed E-state index contributed by atoms with van der Waals surface area (Å²) in [6.45, 7) is 9.55. The van der Waals surface area contributed by atoms with Crippen molar-refractivity contribution in [1.29, 1.82) is 0 Å². The first-order valence-corrected chi connectivity index (χ1v) is 7.34. The molecular formula is C14H22FNOS. The van der Waals surface area contributed by atoms with Crippen LogP contribution < -0.4 is 4.72 Å². The summed E-state index contributed by atoms with van der Waals surface area (Å²) in [5.74, 6) is -0.203. The molecule has 0 heterocycles. The third-order valence-corrected chi connectivity index (χ3v) is 4.41. The molecule has 0 aliphatic rings. The highest BCUT2D eigenvalue weighted by atomic mass is 32.2. The molecule has 1 aromatic carbocycles. The monoisotopic (exact) mass is 271 g/mol. The maximum atomic E-state index is 13.2. The second-order valence-corrected chi connectivity index (χ2v) is 7.47. The van der Waals surface area contributed by atoms with E-state index in [-0.39, 0.29) is 16.6 Å². The van der Waals surface area contributed by atoms with Crippen molar-refractivity contribution < 1.29 is 8.94 Å². The molecule has 1 N–H and O–H groups in total. The minimum Gasteiger partial charge on any atom is -0.598 e. The lowest BCUT2D eigenvalue weighted by atomic mass is 10.0. The minimum atomic E-state index is -1.12. The molecule has 0 saturated carbocycles. The molecular weight excluding hydrogens is 249 g/mol. The van der Waals surface area contributed by atoms with Gasteiger partial charge in [0.25, 0.3) is 0 Å². The van der Waals surface area contributed by atoms with Gasteiger partial charge in [-0.2, -0.15) is 0 Å². The van der Waals surface area contributed by atoms with E-state index in [2.05, 4.69) is 4.72 Å². The fourth-order valence-corrected chi connectivity index (χ4v) is 2.49. The summed E-state index contributed by atoms with van der Waals surface area (Å²) in [5.41, 5.74) is 1.60. The van der Waals surface area contributed by atoms with Crippen LogP contribution in [0.4, 0.5) is 4.39 Å². The average Bonchev–Trinajstić information content (AvgIpc) is 2.28. The number of halogens is 1. The van der Waals surface area contributed by atoms with Crippen LogP contribution in [0, 0.1) is 12.7 Å². The summed E-state index contributed by atoms with van der Waals surface area (Å²) < 4.78 is 28.1. The maximum absolute atomic E-state index is 13.2. The van der Waals surface area contributed by atoms with E-state index in [0.717, 1.165) is 12.0 Å². The van der Waals surface area contributed by atoms with E-state index < -0.39 is 11.4 Å². The smallest absolute Gasteiger partial charge is 0.136 e. The van der Waals surface area contributed by atoms with Crippen molar-refractivity contribution in [2.75, 3.05) is 0 Å². The topological polar surface area (TPSA) is 35.1 Å². The van der Waals surface area contributed by atoms with Crippen LogP contribution in [0.25, 0.3) is 0 Å². The third kappa shape index (κ3) is 3.97. The van der Waals surface area contributed by atoms with Gasteiger partial charge in [0, 0.05) is 11.4 Å². The number of hydrogen-bond donors (Lipinski definition) is 1. The Bertz CT molecular complexity index is 403. The molecule has 4 heteroatoms. The van der Waals surface area contributed by atoms with Crippen molar-refractivity contribution >= 4 is 11.4 Å². The van der Waals surface area contributed by atoms with Crippen LogP contribution in [0.1, 0.15) is 51.3 Å². The van der Waals surface area contributed by atoms with Crippen molar-refractivity contribution in [3.05, 3.63) is 35.1 Å². The van der Waals surface area contributed by atoms with Crippen LogP contribution >= 0.6 is 0 Å². The van der Waals surface area contributed by atoms with E-state index in [1.54, 1.807) is 13.0 Å². The van der Waals surface area contributed by atoms with E-state index in [4.69, 9.17) is 0 Å². The Morgan fingerprint density at radius 3 is 2.44 bits per heavy atom. The number of aryl methyl sites for hydroxylation is 1. The van der Waals surface area contributed by atoms with E-state index in [1.807, 2.05) is 33.8 Å². The molecule has 1 unspecified atom stereocenters. The Kier molecular flexibility index (Phi) is 5.20. The van der Waals surface area contributed by atoms with Crippen LogP contribution in [-0.2, 0) is 11.4 Å². The maximum Gasteiger partial charge on any atom is 0.136 e. The Hall–Kier alpha value is -0.580. The van der Waals surface area contributed by atoms with Crippen molar-refractivity contribution in [3.63, 3.8) is 0 Å². The highest BCUT2D eigenvalue weighted by Crippen LogP contribution is 2.23. The lowest BCUT2D eigenvalue weighted by molar-refractivity contribution is 0.518. The van der Waals surface area contributed by atoms with Crippen LogP contribution in [0.2, 0.25) is 0 Å². The van der Waals surface area contributed by atoms with Crippen LogP contribution in [0.3, 0.4) is 0 Å². The molecule has 1 rings (SSSR count).